The lowest BCUT2D eigenvalue weighted by molar-refractivity contribution is 0.102. The van der Waals surface area contributed by atoms with Crippen molar-refractivity contribution in [2.24, 2.45) is 7.05 Å². The molecule has 0 bridgehead atoms. The summed E-state index contributed by atoms with van der Waals surface area (Å²) in [5.41, 5.74) is 2.28. The van der Waals surface area contributed by atoms with E-state index < -0.39 is 0 Å². The molecule has 6 nitrogen and oxygen atoms in total. The minimum Gasteiger partial charge on any atom is -0.497 e. The van der Waals surface area contributed by atoms with Crippen LogP contribution in [0.3, 0.4) is 0 Å². The van der Waals surface area contributed by atoms with E-state index in [9.17, 15) is 9.59 Å². The summed E-state index contributed by atoms with van der Waals surface area (Å²) in [4.78, 5) is 28.5. The number of ketones is 1. The van der Waals surface area contributed by atoms with Crippen LogP contribution >= 0.6 is 11.3 Å². The second-order valence-electron chi connectivity index (χ2n) is 5.46. The molecule has 1 amide bonds. The molecule has 3 rings (SSSR count). The number of amides is 1. The van der Waals surface area contributed by atoms with Crippen LogP contribution in [-0.2, 0) is 7.05 Å². The molecule has 2 aromatic heterocycles. The Morgan fingerprint density at radius 2 is 1.96 bits per heavy atom. The molecular formula is C18H17N3O3S. The zero-order valence-corrected chi connectivity index (χ0v) is 14.9. The first-order valence-corrected chi connectivity index (χ1v) is 8.44. The van der Waals surface area contributed by atoms with E-state index in [-0.39, 0.29) is 11.7 Å². The summed E-state index contributed by atoms with van der Waals surface area (Å²) in [5.74, 6) is 0.867. The van der Waals surface area contributed by atoms with E-state index >= 15 is 0 Å². The average molecular weight is 355 g/mol. The van der Waals surface area contributed by atoms with Crippen molar-refractivity contribution in [1.29, 1.82) is 0 Å². The van der Waals surface area contributed by atoms with Crippen molar-refractivity contribution in [3.8, 4) is 17.0 Å². The summed E-state index contributed by atoms with van der Waals surface area (Å²) in [6.45, 7) is 1.48. The Labute approximate surface area is 149 Å². The minimum atomic E-state index is -0.293. The number of anilines is 1. The van der Waals surface area contributed by atoms with Gasteiger partial charge in [0.15, 0.2) is 5.78 Å². The van der Waals surface area contributed by atoms with Crippen molar-refractivity contribution in [2.45, 2.75) is 6.92 Å². The number of thiophene rings is 1. The van der Waals surface area contributed by atoms with E-state index in [0.29, 0.717) is 16.4 Å². The number of benzene rings is 1. The number of imidazole rings is 1. The average Bonchev–Trinajstić information content (AvgIpc) is 3.23. The quantitative estimate of drug-likeness (QED) is 0.710. The van der Waals surface area contributed by atoms with Gasteiger partial charge in [-0.15, -0.1) is 11.3 Å². The number of Topliss-reactive ketones (excluding diaryl/α,β-unsaturated/α-hetero) is 1. The first kappa shape index (κ1) is 16.9. The van der Waals surface area contributed by atoms with Gasteiger partial charge in [0.05, 0.1) is 29.4 Å². The number of carbonyl (C=O) groups is 2. The molecule has 0 radical (unpaired) electrons. The normalized spacial score (nSPS) is 10.5. The standard InChI is InChI=1S/C18H17N3O3S/c1-11(22)16-8-13(10-25-16)17(23)20-18-19-9-15(21(18)2)12-4-6-14(24-3)7-5-12/h4-10H,1-3H3,(H,19,20,23). The zero-order chi connectivity index (χ0) is 18.0. The number of nitrogens with one attached hydrogen (secondary N) is 1. The van der Waals surface area contributed by atoms with Crippen LogP contribution in [0.1, 0.15) is 27.0 Å². The smallest absolute Gasteiger partial charge is 0.258 e. The Morgan fingerprint density at radius 3 is 2.56 bits per heavy atom. The molecule has 0 aliphatic carbocycles. The number of methoxy groups -OCH3 is 1. The Hall–Kier alpha value is -2.93. The molecule has 0 unspecified atom stereocenters. The maximum Gasteiger partial charge on any atom is 0.258 e. The van der Waals surface area contributed by atoms with Crippen molar-refractivity contribution in [3.05, 3.63) is 52.3 Å². The molecule has 0 saturated heterocycles. The number of ether oxygens (including phenoxy) is 1. The van der Waals surface area contributed by atoms with Crippen LogP contribution in [0, 0.1) is 0 Å². The fourth-order valence-corrected chi connectivity index (χ4v) is 3.16. The summed E-state index contributed by atoms with van der Waals surface area (Å²) in [6.07, 6.45) is 1.70. The van der Waals surface area contributed by atoms with Gasteiger partial charge in [-0.05, 0) is 37.3 Å². The lowest BCUT2D eigenvalue weighted by Crippen LogP contribution is -2.14. The van der Waals surface area contributed by atoms with E-state index in [1.165, 1.54) is 18.3 Å². The van der Waals surface area contributed by atoms with Crippen molar-refractivity contribution >= 4 is 29.0 Å². The molecule has 0 saturated carbocycles. The van der Waals surface area contributed by atoms with Gasteiger partial charge in [0.2, 0.25) is 5.95 Å². The van der Waals surface area contributed by atoms with Gasteiger partial charge in [0.1, 0.15) is 5.75 Å². The van der Waals surface area contributed by atoms with E-state index in [1.54, 1.807) is 29.3 Å². The molecule has 7 heteroatoms. The topological polar surface area (TPSA) is 73.2 Å². The van der Waals surface area contributed by atoms with Gasteiger partial charge < -0.3 is 9.30 Å². The first-order chi connectivity index (χ1) is 12.0. The third-order valence-corrected chi connectivity index (χ3v) is 4.84. The number of nitrogens with zero attached hydrogens (tertiary/aromatic N) is 2. The van der Waals surface area contributed by atoms with Crippen molar-refractivity contribution in [1.82, 2.24) is 9.55 Å². The minimum absolute atomic E-state index is 0.0529. The molecule has 2 heterocycles. The highest BCUT2D eigenvalue weighted by molar-refractivity contribution is 7.12. The third-order valence-electron chi connectivity index (χ3n) is 3.81. The Morgan fingerprint density at radius 1 is 1.24 bits per heavy atom. The van der Waals surface area contributed by atoms with Crippen LogP contribution in [0.25, 0.3) is 11.3 Å². The summed E-state index contributed by atoms with van der Waals surface area (Å²) in [7, 11) is 3.45. The van der Waals surface area contributed by atoms with Crippen LogP contribution < -0.4 is 10.1 Å². The lowest BCUT2D eigenvalue weighted by Gasteiger charge is -2.07. The highest BCUT2D eigenvalue weighted by atomic mass is 32.1. The van der Waals surface area contributed by atoms with E-state index in [1.807, 2.05) is 31.3 Å². The van der Waals surface area contributed by atoms with Crippen molar-refractivity contribution < 1.29 is 14.3 Å². The maximum absolute atomic E-state index is 12.3. The molecule has 128 valence electrons. The SMILES string of the molecule is COc1ccc(-c2cnc(NC(=O)c3csc(C(C)=O)c3)n2C)cc1. The van der Waals surface area contributed by atoms with E-state index in [2.05, 4.69) is 10.3 Å². The van der Waals surface area contributed by atoms with Crippen LogP contribution in [0.2, 0.25) is 0 Å². The molecule has 0 fully saturated rings. The van der Waals surface area contributed by atoms with Gasteiger partial charge in [-0.1, -0.05) is 0 Å². The lowest BCUT2D eigenvalue weighted by atomic mass is 10.1. The zero-order valence-electron chi connectivity index (χ0n) is 14.1. The van der Waals surface area contributed by atoms with Crippen molar-refractivity contribution in [3.63, 3.8) is 0 Å². The molecule has 0 aliphatic heterocycles. The Kier molecular flexibility index (Phi) is 4.67. The summed E-state index contributed by atoms with van der Waals surface area (Å²) >= 11 is 1.26. The molecule has 1 aromatic carbocycles. The van der Waals surface area contributed by atoms with Gasteiger partial charge in [-0.3, -0.25) is 14.9 Å². The highest BCUT2D eigenvalue weighted by Crippen LogP contribution is 2.24. The number of hydrogen-bond donors (Lipinski definition) is 1. The number of aromatic nitrogens is 2. The van der Waals surface area contributed by atoms with Gasteiger partial charge in [-0.2, -0.15) is 0 Å². The Bertz CT molecular complexity index is 925. The molecule has 3 aromatic rings. The van der Waals surface area contributed by atoms with Crippen LogP contribution in [0.5, 0.6) is 5.75 Å². The molecular weight excluding hydrogens is 338 g/mol. The molecule has 0 spiro atoms. The fourth-order valence-electron chi connectivity index (χ4n) is 2.37. The fraction of sp³-hybridized carbons (Fsp3) is 0.167. The van der Waals surface area contributed by atoms with Crippen molar-refractivity contribution in [2.75, 3.05) is 12.4 Å². The Balaban J connectivity index is 1.80. The predicted octanol–water partition coefficient (Wildman–Crippen LogP) is 3.61. The summed E-state index contributed by atoms with van der Waals surface area (Å²) in [5, 5.41) is 4.44. The van der Waals surface area contributed by atoms with Crippen LogP contribution in [-0.4, -0.2) is 28.4 Å². The number of hydrogen-bond acceptors (Lipinski definition) is 5. The number of carbonyl (C=O) groups excluding carboxylic acids is 2. The summed E-state index contributed by atoms with van der Waals surface area (Å²) < 4.78 is 6.96. The predicted molar refractivity (Wildman–Crippen MR) is 97.5 cm³/mol. The number of rotatable bonds is 5. The van der Waals surface area contributed by atoms with Gasteiger partial charge in [0, 0.05) is 18.0 Å². The highest BCUT2D eigenvalue weighted by Gasteiger charge is 2.15. The largest absolute Gasteiger partial charge is 0.497 e. The summed E-state index contributed by atoms with van der Waals surface area (Å²) in [6, 6.07) is 9.19. The molecule has 0 aliphatic rings. The first-order valence-electron chi connectivity index (χ1n) is 7.56. The second kappa shape index (κ2) is 6.90. The van der Waals surface area contributed by atoms with Gasteiger partial charge in [-0.25, -0.2) is 4.98 Å². The van der Waals surface area contributed by atoms with E-state index in [0.717, 1.165) is 17.0 Å². The molecule has 1 N–H and O–H groups in total. The second-order valence-corrected chi connectivity index (χ2v) is 6.38. The van der Waals surface area contributed by atoms with E-state index in [4.69, 9.17) is 4.74 Å². The van der Waals surface area contributed by atoms with Gasteiger partial charge >= 0.3 is 0 Å². The van der Waals surface area contributed by atoms with Crippen LogP contribution in [0.4, 0.5) is 5.95 Å². The monoisotopic (exact) mass is 355 g/mol. The van der Waals surface area contributed by atoms with Crippen LogP contribution in [0.15, 0.2) is 41.9 Å². The maximum atomic E-state index is 12.3. The molecule has 0 atom stereocenters. The van der Waals surface area contributed by atoms with Gasteiger partial charge in [0.25, 0.3) is 5.91 Å². The molecule has 25 heavy (non-hydrogen) atoms. The third kappa shape index (κ3) is 3.46.